The number of alkyl halides is 1. The summed E-state index contributed by atoms with van der Waals surface area (Å²) in [4.78, 5) is 14.6. The average Bonchev–Trinajstić information content (AvgIpc) is 3.77. The minimum absolute atomic E-state index is 0.00898. The number of aromatic hydroxyl groups is 1. The van der Waals surface area contributed by atoms with Crippen LogP contribution in [-0.2, 0) is 0 Å². The molecule has 2 N–H and O–H groups in total. The zero-order valence-electron chi connectivity index (χ0n) is 23.1. The van der Waals surface area contributed by atoms with Crippen LogP contribution in [0.5, 0.6) is 5.75 Å². The van der Waals surface area contributed by atoms with Crippen LogP contribution >= 0.6 is 11.8 Å². The summed E-state index contributed by atoms with van der Waals surface area (Å²) in [7, 11) is 0. The minimum atomic E-state index is -0.904. The molecule has 11 heteroatoms. The fourth-order valence-electron chi connectivity index (χ4n) is 7.39. The Morgan fingerprint density at radius 1 is 1.17 bits per heavy atom. The Labute approximate surface area is 245 Å². The predicted molar refractivity (Wildman–Crippen MR) is 159 cm³/mol. The second-order valence-electron chi connectivity index (χ2n) is 11.8. The SMILES string of the molecule is CSc1cccc2cc(O)cc(-c3nnc4c(N5C[C@@H]6C[C@H]5CN6)nc(C#C[C@@]56CCCN5C[C@H](F)C6)nc4c3F)c12. The molecule has 2 aromatic heterocycles. The molecule has 0 saturated carbocycles. The van der Waals surface area contributed by atoms with Crippen LogP contribution in [0.2, 0.25) is 0 Å². The van der Waals surface area contributed by atoms with Gasteiger partial charge in [0.25, 0.3) is 0 Å². The number of aromatic nitrogens is 4. The van der Waals surface area contributed by atoms with Crippen molar-refractivity contribution in [1.29, 1.82) is 0 Å². The van der Waals surface area contributed by atoms with Crippen LogP contribution in [0.15, 0.2) is 35.2 Å². The van der Waals surface area contributed by atoms with Gasteiger partial charge >= 0.3 is 0 Å². The molecule has 6 heterocycles. The largest absolute Gasteiger partial charge is 0.508 e. The van der Waals surface area contributed by atoms with Crippen LogP contribution in [0, 0.1) is 17.7 Å². The highest BCUT2D eigenvalue weighted by Gasteiger charge is 2.48. The van der Waals surface area contributed by atoms with Crippen LogP contribution in [0.1, 0.15) is 31.5 Å². The summed E-state index contributed by atoms with van der Waals surface area (Å²) in [6.45, 7) is 2.76. The number of nitrogens with zero attached hydrogens (tertiary/aromatic N) is 6. The fourth-order valence-corrected chi connectivity index (χ4v) is 8.04. The van der Waals surface area contributed by atoms with E-state index in [1.165, 1.54) is 17.8 Å². The number of benzene rings is 2. The first-order valence-corrected chi connectivity index (χ1v) is 15.6. The Kier molecular flexibility index (Phi) is 6.04. The number of hydrogen-bond acceptors (Lipinski definition) is 9. The molecule has 214 valence electrons. The van der Waals surface area contributed by atoms with Gasteiger partial charge in [-0.05, 0) is 61.6 Å². The highest BCUT2D eigenvalue weighted by atomic mass is 32.2. The topological polar surface area (TPSA) is 90.3 Å². The molecule has 0 amide bonds. The van der Waals surface area contributed by atoms with Gasteiger partial charge in [0.05, 0.1) is 5.54 Å². The third kappa shape index (κ3) is 4.03. The molecule has 0 radical (unpaired) electrons. The predicted octanol–water partition coefficient (Wildman–Crippen LogP) is 4.29. The van der Waals surface area contributed by atoms with Crippen molar-refractivity contribution in [3.8, 4) is 28.8 Å². The lowest BCUT2D eigenvalue weighted by atomic mass is 9.94. The molecule has 4 fully saturated rings. The lowest BCUT2D eigenvalue weighted by molar-refractivity contribution is 0.255. The van der Waals surface area contributed by atoms with Crippen LogP contribution in [0.3, 0.4) is 0 Å². The van der Waals surface area contributed by atoms with Crippen molar-refractivity contribution in [1.82, 2.24) is 30.4 Å². The second-order valence-corrected chi connectivity index (χ2v) is 12.6. The molecule has 4 aromatic rings. The fraction of sp³-hybridized carbons (Fsp3) is 0.419. The molecule has 4 saturated heterocycles. The standard InChI is InChI=1S/C31H29F2N7OS/c1-42-23-5-2-4-17-10-21(41)12-22(25(17)23)27-26(33)28-29(38-37-27)30(40-16-19-11-20(40)14-34-19)36-24(35-28)6-8-31-7-3-9-39(31)15-18(32)13-31/h2,4-5,10,12,18-20,34,41H,3,7,9,11,13-16H2,1H3/t18-,19+,20+,31-/m1/s1. The van der Waals surface area contributed by atoms with E-state index in [-0.39, 0.29) is 34.3 Å². The molecule has 0 spiro atoms. The van der Waals surface area contributed by atoms with Gasteiger partial charge in [0, 0.05) is 54.0 Å². The summed E-state index contributed by atoms with van der Waals surface area (Å²) in [5.41, 5.74) is 0.255. The van der Waals surface area contributed by atoms with Crippen molar-refractivity contribution in [3.05, 3.63) is 42.0 Å². The molecule has 4 aliphatic rings. The molecule has 4 atom stereocenters. The van der Waals surface area contributed by atoms with Crippen LogP contribution < -0.4 is 10.2 Å². The summed E-state index contributed by atoms with van der Waals surface area (Å²) >= 11 is 1.54. The molecule has 0 aliphatic carbocycles. The number of rotatable bonds is 3. The zero-order chi connectivity index (χ0) is 28.6. The van der Waals surface area contributed by atoms with Gasteiger partial charge < -0.3 is 15.3 Å². The number of nitrogens with one attached hydrogen (secondary N) is 1. The molecule has 42 heavy (non-hydrogen) atoms. The van der Waals surface area contributed by atoms with Crippen molar-refractivity contribution >= 4 is 39.4 Å². The van der Waals surface area contributed by atoms with Gasteiger partial charge in [-0.3, -0.25) is 4.90 Å². The maximum Gasteiger partial charge on any atom is 0.207 e. The Balaban J connectivity index is 1.33. The van der Waals surface area contributed by atoms with Crippen molar-refractivity contribution in [2.75, 3.05) is 37.3 Å². The first-order chi connectivity index (χ1) is 20.4. The number of piperazine rings is 1. The van der Waals surface area contributed by atoms with Crippen LogP contribution in [0.25, 0.3) is 33.1 Å². The van der Waals surface area contributed by atoms with Gasteiger partial charge in [-0.1, -0.05) is 18.1 Å². The summed E-state index contributed by atoms with van der Waals surface area (Å²) in [6, 6.07) is 9.48. The lowest BCUT2D eigenvalue weighted by Gasteiger charge is -2.29. The molecule has 0 unspecified atom stereocenters. The van der Waals surface area contributed by atoms with Crippen molar-refractivity contribution in [3.63, 3.8) is 0 Å². The zero-order valence-corrected chi connectivity index (χ0v) is 23.9. The van der Waals surface area contributed by atoms with Gasteiger partial charge in [-0.2, -0.15) is 0 Å². The number of fused-ring (bicyclic) bond motifs is 5. The quantitative estimate of drug-likeness (QED) is 0.270. The Morgan fingerprint density at radius 2 is 2.07 bits per heavy atom. The maximum absolute atomic E-state index is 16.7. The van der Waals surface area contributed by atoms with E-state index in [0.717, 1.165) is 54.6 Å². The van der Waals surface area contributed by atoms with Gasteiger partial charge in [-0.15, -0.1) is 22.0 Å². The number of phenols is 1. The third-order valence-corrected chi connectivity index (χ3v) is 10.0. The van der Waals surface area contributed by atoms with Gasteiger partial charge in [0.15, 0.2) is 17.2 Å². The first-order valence-electron chi connectivity index (χ1n) is 14.4. The highest BCUT2D eigenvalue weighted by Crippen LogP contribution is 2.41. The van der Waals surface area contributed by atoms with E-state index in [9.17, 15) is 9.50 Å². The van der Waals surface area contributed by atoms with Crippen molar-refractivity contribution < 1.29 is 13.9 Å². The Morgan fingerprint density at radius 3 is 2.88 bits per heavy atom. The summed E-state index contributed by atoms with van der Waals surface area (Å²) in [6.07, 6.45) is 4.17. The van der Waals surface area contributed by atoms with E-state index >= 15 is 4.39 Å². The van der Waals surface area contributed by atoms with E-state index in [1.54, 1.807) is 6.07 Å². The van der Waals surface area contributed by atoms with Crippen LogP contribution in [-0.4, -0.2) is 86.4 Å². The Bertz CT molecular complexity index is 1830. The maximum atomic E-state index is 16.7. The molecule has 8 rings (SSSR count). The first kappa shape index (κ1) is 26.1. The molecule has 8 nitrogen and oxygen atoms in total. The number of anilines is 1. The van der Waals surface area contributed by atoms with Gasteiger partial charge in [0.2, 0.25) is 5.82 Å². The Hall–Kier alpha value is -3.59. The molecular formula is C31H29F2N7OS. The van der Waals surface area contributed by atoms with E-state index in [1.807, 2.05) is 24.5 Å². The van der Waals surface area contributed by atoms with Gasteiger partial charge in [0.1, 0.15) is 23.1 Å². The number of hydrogen-bond donors (Lipinski definition) is 2. The van der Waals surface area contributed by atoms with E-state index in [0.29, 0.717) is 30.4 Å². The molecule has 4 aliphatic heterocycles. The molecule has 2 aromatic carbocycles. The van der Waals surface area contributed by atoms with Crippen molar-refractivity contribution in [2.24, 2.45) is 0 Å². The third-order valence-electron chi connectivity index (χ3n) is 9.27. The van der Waals surface area contributed by atoms with E-state index in [4.69, 9.17) is 4.98 Å². The number of thioether (sulfide) groups is 1. The van der Waals surface area contributed by atoms with Crippen LogP contribution in [0.4, 0.5) is 14.6 Å². The van der Waals surface area contributed by atoms with E-state index < -0.39 is 17.5 Å². The normalized spacial score (nSPS) is 26.7. The second kappa shape index (κ2) is 9.73. The lowest BCUT2D eigenvalue weighted by Crippen LogP contribution is -2.44. The number of halogens is 2. The smallest absolute Gasteiger partial charge is 0.207 e. The summed E-state index contributed by atoms with van der Waals surface area (Å²) in [5.74, 6) is 6.54. The number of phenolic OH excluding ortho intramolecular Hbond substituents is 1. The van der Waals surface area contributed by atoms with Crippen molar-refractivity contribution in [2.45, 2.75) is 54.4 Å². The summed E-state index contributed by atoms with van der Waals surface area (Å²) < 4.78 is 31.1. The summed E-state index contributed by atoms with van der Waals surface area (Å²) in [5, 5.41) is 24.5. The van der Waals surface area contributed by atoms with E-state index in [2.05, 4.69) is 42.1 Å². The minimum Gasteiger partial charge on any atom is -0.508 e. The molecular weight excluding hydrogens is 556 g/mol. The monoisotopic (exact) mass is 585 g/mol. The highest BCUT2D eigenvalue weighted by molar-refractivity contribution is 7.98. The average molecular weight is 586 g/mol. The van der Waals surface area contributed by atoms with Gasteiger partial charge in [-0.25, -0.2) is 18.7 Å². The molecule has 2 bridgehead atoms.